The number of hydrogen-bond donors (Lipinski definition) is 2. The Morgan fingerprint density at radius 2 is 1.46 bits per heavy atom. The standard InChI is InChI=1S/C25H41N3/c1-2-3-4-5-6-7-8-9-10-11-12-13-14-15-18-21-26-22-25-27-23-19-16-17-20-24(23)28-25/h9-10,16-17,19-20,26H,2-8,11-15,18,21-22H2,1H3,(H,27,28). The van der Waals surface area contributed by atoms with E-state index in [1.165, 1.54) is 83.5 Å². The van der Waals surface area contributed by atoms with E-state index in [1.54, 1.807) is 0 Å². The maximum atomic E-state index is 4.60. The zero-order valence-electron chi connectivity index (χ0n) is 18.0. The van der Waals surface area contributed by atoms with Crippen LogP contribution in [0.15, 0.2) is 36.4 Å². The number of nitrogens with one attached hydrogen (secondary N) is 2. The number of unbranched alkanes of at least 4 members (excludes halogenated alkanes) is 11. The molecule has 1 heterocycles. The van der Waals surface area contributed by atoms with Crippen molar-refractivity contribution in [2.75, 3.05) is 6.54 Å². The summed E-state index contributed by atoms with van der Waals surface area (Å²) < 4.78 is 0. The molecule has 2 aromatic rings. The number of benzene rings is 1. The van der Waals surface area contributed by atoms with Gasteiger partial charge in [0.25, 0.3) is 0 Å². The van der Waals surface area contributed by atoms with E-state index in [9.17, 15) is 0 Å². The Labute approximate surface area is 172 Å². The van der Waals surface area contributed by atoms with E-state index in [1.807, 2.05) is 12.1 Å². The summed E-state index contributed by atoms with van der Waals surface area (Å²) in [5.41, 5.74) is 2.18. The SMILES string of the molecule is CCCCCCCCC=CCCCCCCCNCc1nc2ccccc2[nH]1. The minimum Gasteiger partial charge on any atom is -0.341 e. The Hall–Kier alpha value is -1.61. The lowest BCUT2D eigenvalue weighted by Gasteiger charge is -2.03. The lowest BCUT2D eigenvalue weighted by atomic mass is 10.1. The quantitative estimate of drug-likeness (QED) is 0.222. The highest BCUT2D eigenvalue weighted by atomic mass is 15.0. The first kappa shape index (κ1) is 22.7. The second kappa shape index (κ2) is 15.3. The molecule has 1 aromatic heterocycles. The van der Waals surface area contributed by atoms with Gasteiger partial charge in [0.1, 0.15) is 5.82 Å². The summed E-state index contributed by atoms with van der Waals surface area (Å²) in [6, 6.07) is 8.21. The summed E-state index contributed by atoms with van der Waals surface area (Å²) in [5.74, 6) is 1.04. The highest BCUT2D eigenvalue weighted by molar-refractivity contribution is 5.74. The van der Waals surface area contributed by atoms with Crippen LogP contribution in [0.2, 0.25) is 0 Å². The van der Waals surface area contributed by atoms with E-state index in [0.717, 1.165) is 29.9 Å². The van der Waals surface area contributed by atoms with Crippen LogP contribution in [0.25, 0.3) is 11.0 Å². The molecular weight excluding hydrogens is 342 g/mol. The van der Waals surface area contributed by atoms with Gasteiger partial charge in [-0.1, -0.05) is 82.6 Å². The second-order valence-corrected chi connectivity index (χ2v) is 7.96. The molecule has 3 heteroatoms. The van der Waals surface area contributed by atoms with Crippen molar-refractivity contribution in [3.05, 3.63) is 42.2 Å². The van der Waals surface area contributed by atoms with Crippen molar-refractivity contribution in [1.29, 1.82) is 0 Å². The van der Waals surface area contributed by atoms with Gasteiger partial charge < -0.3 is 10.3 Å². The average Bonchev–Trinajstić information content (AvgIpc) is 3.13. The average molecular weight is 384 g/mol. The second-order valence-electron chi connectivity index (χ2n) is 7.96. The Bertz CT molecular complexity index is 611. The Morgan fingerprint density at radius 3 is 2.18 bits per heavy atom. The first-order valence-electron chi connectivity index (χ1n) is 11.7. The predicted molar refractivity (Wildman–Crippen MR) is 123 cm³/mol. The molecule has 156 valence electrons. The molecule has 0 unspecified atom stereocenters. The highest BCUT2D eigenvalue weighted by Crippen LogP contribution is 2.11. The van der Waals surface area contributed by atoms with Gasteiger partial charge in [-0.25, -0.2) is 4.98 Å². The molecule has 0 aliphatic carbocycles. The first-order valence-corrected chi connectivity index (χ1v) is 11.7. The number of aromatic nitrogens is 2. The summed E-state index contributed by atoms with van der Waals surface area (Å²) >= 11 is 0. The van der Waals surface area contributed by atoms with Gasteiger partial charge in [0, 0.05) is 0 Å². The Kier molecular flexibility index (Phi) is 12.4. The number of nitrogens with zero attached hydrogens (tertiary/aromatic N) is 1. The fourth-order valence-electron chi connectivity index (χ4n) is 3.62. The van der Waals surface area contributed by atoms with Crippen molar-refractivity contribution >= 4 is 11.0 Å². The number of rotatable bonds is 17. The molecule has 0 aliphatic rings. The summed E-state index contributed by atoms with van der Waals surface area (Å²) in [4.78, 5) is 7.97. The molecule has 0 spiro atoms. The lowest BCUT2D eigenvalue weighted by molar-refractivity contribution is 0.571. The van der Waals surface area contributed by atoms with Gasteiger partial charge in [-0.05, 0) is 50.8 Å². The van der Waals surface area contributed by atoms with Crippen molar-refractivity contribution in [2.45, 2.75) is 96.9 Å². The Balaban J connectivity index is 1.34. The maximum Gasteiger partial charge on any atom is 0.121 e. The molecule has 0 amide bonds. The smallest absolute Gasteiger partial charge is 0.121 e. The number of fused-ring (bicyclic) bond motifs is 1. The van der Waals surface area contributed by atoms with Gasteiger partial charge >= 0.3 is 0 Å². The van der Waals surface area contributed by atoms with Crippen molar-refractivity contribution in [3.63, 3.8) is 0 Å². The van der Waals surface area contributed by atoms with E-state index < -0.39 is 0 Å². The van der Waals surface area contributed by atoms with Gasteiger partial charge in [0.15, 0.2) is 0 Å². The predicted octanol–water partition coefficient (Wildman–Crippen LogP) is 7.30. The molecule has 3 nitrogen and oxygen atoms in total. The van der Waals surface area contributed by atoms with Crippen LogP contribution >= 0.6 is 0 Å². The zero-order chi connectivity index (χ0) is 19.7. The molecular formula is C25H41N3. The molecule has 0 bridgehead atoms. The van der Waals surface area contributed by atoms with Crippen LogP contribution in [0.3, 0.4) is 0 Å². The molecule has 2 rings (SSSR count). The van der Waals surface area contributed by atoms with E-state index in [0.29, 0.717) is 0 Å². The maximum absolute atomic E-state index is 4.60. The van der Waals surface area contributed by atoms with E-state index >= 15 is 0 Å². The summed E-state index contributed by atoms with van der Waals surface area (Å²) in [5, 5.41) is 3.50. The normalized spacial score (nSPS) is 11.8. The lowest BCUT2D eigenvalue weighted by Crippen LogP contribution is -2.15. The van der Waals surface area contributed by atoms with Crippen LogP contribution in [0.4, 0.5) is 0 Å². The minimum atomic E-state index is 0.831. The van der Waals surface area contributed by atoms with Gasteiger partial charge in [-0.15, -0.1) is 0 Å². The van der Waals surface area contributed by atoms with Crippen LogP contribution in [-0.2, 0) is 6.54 Å². The molecule has 0 saturated carbocycles. The molecule has 0 fully saturated rings. The minimum absolute atomic E-state index is 0.831. The van der Waals surface area contributed by atoms with Crippen molar-refractivity contribution in [3.8, 4) is 0 Å². The number of allylic oxidation sites excluding steroid dienone is 2. The van der Waals surface area contributed by atoms with Gasteiger partial charge in [-0.3, -0.25) is 0 Å². The van der Waals surface area contributed by atoms with E-state index in [4.69, 9.17) is 0 Å². The fraction of sp³-hybridized carbons (Fsp3) is 0.640. The molecule has 0 saturated heterocycles. The topological polar surface area (TPSA) is 40.7 Å². The Morgan fingerprint density at radius 1 is 0.821 bits per heavy atom. The number of imidazole rings is 1. The van der Waals surface area contributed by atoms with Crippen molar-refractivity contribution < 1.29 is 0 Å². The summed E-state index contributed by atoms with van der Waals surface area (Å²) in [6.45, 7) is 4.19. The van der Waals surface area contributed by atoms with Crippen LogP contribution in [0, 0.1) is 0 Å². The van der Waals surface area contributed by atoms with Gasteiger partial charge in [0.2, 0.25) is 0 Å². The number of hydrogen-bond acceptors (Lipinski definition) is 2. The van der Waals surface area contributed by atoms with Crippen LogP contribution in [0.1, 0.15) is 96.2 Å². The van der Waals surface area contributed by atoms with E-state index in [2.05, 4.69) is 46.5 Å². The van der Waals surface area contributed by atoms with Crippen LogP contribution < -0.4 is 5.32 Å². The monoisotopic (exact) mass is 383 g/mol. The van der Waals surface area contributed by atoms with Gasteiger partial charge in [0.05, 0.1) is 17.6 Å². The molecule has 2 N–H and O–H groups in total. The molecule has 28 heavy (non-hydrogen) atoms. The largest absolute Gasteiger partial charge is 0.341 e. The van der Waals surface area contributed by atoms with Crippen molar-refractivity contribution in [1.82, 2.24) is 15.3 Å². The van der Waals surface area contributed by atoms with Gasteiger partial charge in [-0.2, -0.15) is 0 Å². The summed E-state index contributed by atoms with van der Waals surface area (Å²) in [6.07, 6.45) is 22.4. The number of para-hydroxylation sites is 2. The third-order valence-electron chi connectivity index (χ3n) is 5.35. The molecule has 0 radical (unpaired) electrons. The molecule has 0 aliphatic heterocycles. The third-order valence-corrected chi connectivity index (χ3v) is 5.35. The van der Waals surface area contributed by atoms with Crippen molar-refractivity contribution in [2.24, 2.45) is 0 Å². The zero-order valence-corrected chi connectivity index (χ0v) is 18.0. The first-order chi connectivity index (χ1) is 13.9. The number of aromatic amines is 1. The molecule has 1 aromatic carbocycles. The van der Waals surface area contributed by atoms with E-state index in [-0.39, 0.29) is 0 Å². The number of H-pyrrole nitrogens is 1. The molecule has 0 atom stereocenters. The van der Waals surface area contributed by atoms with Crippen LogP contribution in [-0.4, -0.2) is 16.5 Å². The third kappa shape index (κ3) is 10.1. The summed E-state index contributed by atoms with van der Waals surface area (Å²) in [7, 11) is 0. The van der Waals surface area contributed by atoms with Crippen LogP contribution in [0.5, 0.6) is 0 Å². The fourth-order valence-corrected chi connectivity index (χ4v) is 3.62. The highest BCUT2D eigenvalue weighted by Gasteiger charge is 2.00.